The van der Waals surface area contributed by atoms with Crippen molar-refractivity contribution >= 4 is 26.5 Å². The summed E-state index contributed by atoms with van der Waals surface area (Å²) in [6.45, 7) is 1.88. The van der Waals surface area contributed by atoms with E-state index in [4.69, 9.17) is 0 Å². The molecule has 1 aromatic heterocycles. The number of nitrogens with zero attached hydrogens (tertiary/aromatic N) is 4. The van der Waals surface area contributed by atoms with Gasteiger partial charge in [0.1, 0.15) is 0 Å². The monoisotopic (exact) mass is 269 g/mol. The minimum absolute atomic E-state index is 0.741. The second kappa shape index (κ2) is 5.63. The van der Waals surface area contributed by atoms with Crippen molar-refractivity contribution in [3.05, 3.63) is 30.1 Å². The summed E-state index contributed by atoms with van der Waals surface area (Å²) < 4.78 is 0.741. The van der Waals surface area contributed by atoms with Crippen molar-refractivity contribution in [3.63, 3.8) is 0 Å². The van der Waals surface area contributed by atoms with Gasteiger partial charge in [0.15, 0.2) is 0 Å². The van der Waals surface area contributed by atoms with Crippen LogP contribution >= 0.6 is 0 Å². The molecule has 1 heterocycles. The summed E-state index contributed by atoms with van der Waals surface area (Å²) in [7, 11) is 3.81. The van der Waals surface area contributed by atoms with E-state index < -0.39 is 0 Å². The van der Waals surface area contributed by atoms with Crippen molar-refractivity contribution in [2.24, 2.45) is 10.2 Å². The van der Waals surface area contributed by atoms with E-state index in [2.05, 4.69) is 31.2 Å². The predicted octanol–water partition coefficient (Wildman–Crippen LogP) is 0.892. The van der Waals surface area contributed by atoms with Gasteiger partial charge in [0.25, 0.3) is 0 Å². The molecule has 5 heteroatoms. The Bertz CT molecular complexity index is 370. The summed E-state index contributed by atoms with van der Waals surface area (Å²) in [5.41, 5.74) is 1.64. The summed E-state index contributed by atoms with van der Waals surface area (Å²) in [5, 5.41) is 8.12. The molecule has 4 nitrogen and oxygen atoms in total. The second-order valence-electron chi connectivity index (χ2n) is 3.18. The molecule has 0 aromatic carbocycles. The molecule has 0 unspecified atom stereocenters. The zero-order valence-corrected chi connectivity index (χ0v) is 10.7. The van der Waals surface area contributed by atoms with Gasteiger partial charge in [-0.15, -0.1) is 0 Å². The summed E-state index contributed by atoms with van der Waals surface area (Å²) in [6.07, 6.45) is 1.74. The normalized spacial score (nSPS) is 12.7. The van der Waals surface area contributed by atoms with E-state index in [0.29, 0.717) is 0 Å². The molecule has 0 saturated heterocycles. The Labute approximate surface area is 97.9 Å². The molecule has 0 aliphatic rings. The van der Waals surface area contributed by atoms with Gasteiger partial charge in [-0.1, -0.05) is 0 Å². The second-order valence-corrected chi connectivity index (χ2v) is 3.94. The number of pyridine rings is 1. The van der Waals surface area contributed by atoms with Gasteiger partial charge in [-0.3, -0.25) is 0 Å². The molecule has 0 aliphatic carbocycles. The van der Waals surface area contributed by atoms with Crippen LogP contribution in [0.2, 0.25) is 0 Å². The number of amidine groups is 1. The molecule has 0 bridgehead atoms. The van der Waals surface area contributed by atoms with Crippen LogP contribution in [0.25, 0.3) is 0 Å². The van der Waals surface area contributed by atoms with Crippen LogP contribution < -0.4 is 0 Å². The molecular formula is C10H13N4Se. The molecule has 0 aliphatic heterocycles. The van der Waals surface area contributed by atoms with Crippen LogP contribution in [-0.4, -0.2) is 50.4 Å². The van der Waals surface area contributed by atoms with E-state index in [9.17, 15) is 0 Å². The van der Waals surface area contributed by atoms with Gasteiger partial charge in [0.05, 0.1) is 0 Å². The topological polar surface area (TPSA) is 40.9 Å². The maximum absolute atomic E-state index is 4.18. The van der Waals surface area contributed by atoms with E-state index >= 15 is 0 Å². The first kappa shape index (κ1) is 11.9. The molecule has 0 amide bonds. The maximum atomic E-state index is 4.18. The third-order valence-electron chi connectivity index (χ3n) is 1.70. The third-order valence-corrected chi connectivity index (χ3v) is 2.64. The van der Waals surface area contributed by atoms with E-state index in [1.165, 1.54) is 0 Å². The van der Waals surface area contributed by atoms with Crippen molar-refractivity contribution in [1.29, 1.82) is 0 Å². The van der Waals surface area contributed by atoms with Crippen LogP contribution in [-0.2, 0) is 0 Å². The van der Waals surface area contributed by atoms with Gasteiger partial charge in [0.2, 0.25) is 0 Å². The van der Waals surface area contributed by atoms with Crippen molar-refractivity contribution in [2.45, 2.75) is 6.92 Å². The molecule has 1 rings (SSSR count). The van der Waals surface area contributed by atoms with E-state index in [1.807, 2.05) is 44.1 Å². The minimum atomic E-state index is 0.741. The molecule has 0 atom stereocenters. The Balaban J connectivity index is 2.82. The van der Waals surface area contributed by atoms with Gasteiger partial charge in [-0.25, -0.2) is 0 Å². The number of aromatic nitrogens is 1. The molecule has 0 fully saturated rings. The van der Waals surface area contributed by atoms with Gasteiger partial charge in [-0.05, 0) is 0 Å². The van der Waals surface area contributed by atoms with Gasteiger partial charge >= 0.3 is 97.7 Å². The zero-order chi connectivity index (χ0) is 11.3. The summed E-state index contributed by atoms with van der Waals surface area (Å²) in [4.78, 5) is 6.03. The van der Waals surface area contributed by atoms with Crippen molar-refractivity contribution < 1.29 is 0 Å². The zero-order valence-electron chi connectivity index (χ0n) is 9.01. The van der Waals surface area contributed by atoms with Crippen LogP contribution in [0.4, 0.5) is 0 Å². The average Bonchev–Trinajstić information content (AvgIpc) is 2.26. The Kier molecular flexibility index (Phi) is 4.46. The van der Waals surface area contributed by atoms with Gasteiger partial charge < -0.3 is 0 Å². The molecule has 0 N–H and O–H groups in total. The first-order valence-corrected chi connectivity index (χ1v) is 5.35. The van der Waals surface area contributed by atoms with E-state index in [-0.39, 0.29) is 0 Å². The predicted molar refractivity (Wildman–Crippen MR) is 63.3 cm³/mol. The standard InChI is InChI=1S/C10H13N4Se/c1-8(9-6-4-5-7-11-9)12-13-10(15)14(2)3/h4-7H,1-3H3/b12-8+,13-10+. The van der Waals surface area contributed by atoms with Crippen LogP contribution in [0.1, 0.15) is 12.6 Å². The van der Waals surface area contributed by atoms with Crippen LogP contribution in [0.15, 0.2) is 34.6 Å². The fraction of sp³-hybridized carbons (Fsp3) is 0.300. The van der Waals surface area contributed by atoms with Crippen LogP contribution in [0.5, 0.6) is 0 Å². The Morgan fingerprint density at radius 1 is 1.33 bits per heavy atom. The first-order chi connectivity index (χ1) is 7.11. The molecule has 15 heavy (non-hydrogen) atoms. The number of hydrogen-bond donors (Lipinski definition) is 0. The fourth-order valence-corrected chi connectivity index (χ4v) is 0.921. The van der Waals surface area contributed by atoms with Gasteiger partial charge in [-0.2, -0.15) is 0 Å². The van der Waals surface area contributed by atoms with E-state index in [1.54, 1.807) is 6.20 Å². The Morgan fingerprint density at radius 3 is 2.60 bits per heavy atom. The van der Waals surface area contributed by atoms with Crippen molar-refractivity contribution in [3.8, 4) is 0 Å². The third kappa shape index (κ3) is 3.81. The molecule has 0 saturated carbocycles. The van der Waals surface area contributed by atoms with Crippen molar-refractivity contribution in [1.82, 2.24) is 9.88 Å². The van der Waals surface area contributed by atoms with Gasteiger partial charge in [0, 0.05) is 0 Å². The average molecular weight is 268 g/mol. The summed E-state index contributed by atoms with van der Waals surface area (Å²) in [5.74, 6) is 0. The summed E-state index contributed by atoms with van der Waals surface area (Å²) >= 11 is 2.83. The summed E-state index contributed by atoms with van der Waals surface area (Å²) in [6, 6.07) is 5.71. The van der Waals surface area contributed by atoms with E-state index in [0.717, 1.165) is 16.1 Å². The number of hydrogen-bond acceptors (Lipinski definition) is 3. The van der Waals surface area contributed by atoms with Crippen molar-refractivity contribution in [2.75, 3.05) is 14.1 Å². The molecule has 79 valence electrons. The van der Waals surface area contributed by atoms with Crippen LogP contribution in [0.3, 0.4) is 0 Å². The molecule has 1 aromatic rings. The SMILES string of the molecule is C/C(=N\N=C(\[Se])N(C)C)c1ccccn1. The Morgan fingerprint density at radius 2 is 2.07 bits per heavy atom. The molecule has 0 spiro atoms. The first-order valence-electron chi connectivity index (χ1n) is 4.49. The quantitative estimate of drug-likeness (QED) is 0.346. The fourth-order valence-electron chi connectivity index (χ4n) is 0.835. The Hall–Kier alpha value is -1.19. The molecule has 1 radical (unpaired) electrons. The molecular weight excluding hydrogens is 255 g/mol. The van der Waals surface area contributed by atoms with Crippen LogP contribution in [0, 0.1) is 0 Å². The number of rotatable bonds is 2.